The summed E-state index contributed by atoms with van der Waals surface area (Å²) in [5.41, 5.74) is 2.11. The molecular weight excluding hydrogens is 428 g/mol. The smallest absolute Gasteiger partial charge is 0.266 e. The minimum absolute atomic E-state index is 0.0272. The number of rotatable bonds is 8. The van der Waals surface area contributed by atoms with Gasteiger partial charge in [-0.3, -0.25) is 9.59 Å². The SMILES string of the molecule is COCCNC(=O)Cn1cc(C=C(C#N)C(=O)Nc2ccc3ccccc3c2)c2ccccc21. The topological polar surface area (TPSA) is 96.2 Å². The van der Waals surface area contributed by atoms with Gasteiger partial charge in [-0.2, -0.15) is 5.26 Å². The largest absolute Gasteiger partial charge is 0.383 e. The molecule has 34 heavy (non-hydrogen) atoms. The lowest BCUT2D eigenvalue weighted by molar-refractivity contribution is -0.121. The first-order valence-electron chi connectivity index (χ1n) is 10.8. The quantitative estimate of drug-likeness (QED) is 0.239. The van der Waals surface area contributed by atoms with E-state index >= 15 is 0 Å². The number of nitriles is 1. The molecule has 2 amide bonds. The molecule has 0 aliphatic rings. The Bertz CT molecular complexity index is 1430. The van der Waals surface area contributed by atoms with Gasteiger partial charge in [-0.15, -0.1) is 0 Å². The molecule has 0 atom stereocenters. The van der Waals surface area contributed by atoms with Crippen LogP contribution in [0.15, 0.2) is 78.5 Å². The zero-order chi connectivity index (χ0) is 23.9. The summed E-state index contributed by atoms with van der Waals surface area (Å²) < 4.78 is 6.77. The van der Waals surface area contributed by atoms with Gasteiger partial charge in [0.25, 0.3) is 5.91 Å². The van der Waals surface area contributed by atoms with E-state index < -0.39 is 5.91 Å². The third-order valence-corrected chi connectivity index (χ3v) is 5.43. The number of nitrogens with zero attached hydrogens (tertiary/aromatic N) is 2. The van der Waals surface area contributed by atoms with E-state index in [-0.39, 0.29) is 18.0 Å². The van der Waals surface area contributed by atoms with Crippen LogP contribution < -0.4 is 10.6 Å². The molecule has 0 spiro atoms. The van der Waals surface area contributed by atoms with Crippen molar-refractivity contribution in [3.63, 3.8) is 0 Å². The predicted molar refractivity (Wildman–Crippen MR) is 133 cm³/mol. The van der Waals surface area contributed by atoms with Crippen molar-refractivity contribution in [3.05, 3.63) is 84.1 Å². The number of carbonyl (C=O) groups is 2. The maximum absolute atomic E-state index is 12.9. The molecule has 1 heterocycles. The molecule has 3 aromatic carbocycles. The lowest BCUT2D eigenvalue weighted by atomic mass is 10.1. The minimum Gasteiger partial charge on any atom is -0.383 e. The van der Waals surface area contributed by atoms with Gasteiger partial charge in [0.05, 0.1) is 6.61 Å². The van der Waals surface area contributed by atoms with Crippen LogP contribution in [0.25, 0.3) is 27.8 Å². The minimum atomic E-state index is -0.494. The summed E-state index contributed by atoms with van der Waals surface area (Å²) in [6, 6.07) is 23.0. The first-order valence-corrected chi connectivity index (χ1v) is 10.8. The van der Waals surface area contributed by atoms with Crippen molar-refractivity contribution in [1.82, 2.24) is 9.88 Å². The summed E-state index contributed by atoms with van der Waals surface area (Å²) in [5.74, 6) is -0.644. The summed E-state index contributed by atoms with van der Waals surface area (Å²) in [6.07, 6.45) is 3.33. The van der Waals surface area contributed by atoms with Crippen molar-refractivity contribution in [3.8, 4) is 6.07 Å². The standard InChI is InChI=1S/C27H24N4O3/c1-34-13-12-29-26(32)18-31-17-22(24-8-4-5-9-25(24)31)14-21(16-28)27(33)30-23-11-10-19-6-2-3-7-20(19)15-23/h2-11,14-15,17H,12-13,18H2,1H3,(H,29,32)(H,30,33). The fourth-order valence-corrected chi connectivity index (χ4v) is 3.79. The van der Waals surface area contributed by atoms with Gasteiger partial charge in [0.15, 0.2) is 0 Å². The lowest BCUT2D eigenvalue weighted by Gasteiger charge is -2.06. The fraction of sp³-hybridized carbons (Fsp3) is 0.148. The van der Waals surface area contributed by atoms with E-state index in [1.165, 1.54) is 0 Å². The maximum atomic E-state index is 12.9. The summed E-state index contributed by atoms with van der Waals surface area (Å²) in [6.45, 7) is 0.974. The second-order valence-electron chi connectivity index (χ2n) is 7.76. The molecule has 0 aliphatic heterocycles. The first kappa shape index (κ1) is 22.8. The zero-order valence-electron chi connectivity index (χ0n) is 18.7. The van der Waals surface area contributed by atoms with Crippen molar-refractivity contribution in [2.45, 2.75) is 6.54 Å². The molecule has 0 unspecified atom stereocenters. The van der Waals surface area contributed by atoms with Crippen LogP contribution >= 0.6 is 0 Å². The molecule has 4 rings (SSSR count). The number of amides is 2. The number of hydrogen-bond acceptors (Lipinski definition) is 4. The molecule has 0 radical (unpaired) electrons. The third-order valence-electron chi connectivity index (χ3n) is 5.43. The van der Waals surface area contributed by atoms with Crippen LogP contribution in [0, 0.1) is 11.3 Å². The number of benzene rings is 3. The first-order chi connectivity index (χ1) is 16.6. The van der Waals surface area contributed by atoms with E-state index in [2.05, 4.69) is 10.6 Å². The highest BCUT2D eigenvalue weighted by Gasteiger charge is 2.14. The molecule has 0 bridgehead atoms. The van der Waals surface area contributed by atoms with Crippen molar-refractivity contribution >= 4 is 45.3 Å². The van der Waals surface area contributed by atoms with Gasteiger partial charge in [-0.25, -0.2) is 0 Å². The zero-order valence-corrected chi connectivity index (χ0v) is 18.7. The van der Waals surface area contributed by atoms with Crippen LogP contribution in [0.4, 0.5) is 5.69 Å². The number of fused-ring (bicyclic) bond motifs is 2. The Labute approximate surface area is 197 Å². The van der Waals surface area contributed by atoms with Gasteiger partial charge in [0, 0.05) is 42.0 Å². The predicted octanol–water partition coefficient (Wildman–Crippen LogP) is 4.10. The Morgan fingerprint density at radius 3 is 2.62 bits per heavy atom. The summed E-state index contributed by atoms with van der Waals surface area (Å²) >= 11 is 0. The highest BCUT2D eigenvalue weighted by molar-refractivity contribution is 6.11. The average molecular weight is 453 g/mol. The normalized spacial score (nSPS) is 11.4. The summed E-state index contributed by atoms with van der Waals surface area (Å²) in [7, 11) is 1.58. The molecule has 4 aromatic rings. The number of hydrogen-bond donors (Lipinski definition) is 2. The maximum Gasteiger partial charge on any atom is 0.266 e. The van der Waals surface area contributed by atoms with Gasteiger partial charge in [0.1, 0.15) is 18.2 Å². The molecule has 0 aliphatic carbocycles. The molecule has 7 nitrogen and oxygen atoms in total. The number of nitrogens with one attached hydrogen (secondary N) is 2. The lowest BCUT2D eigenvalue weighted by Crippen LogP contribution is -2.30. The van der Waals surface area contributed by atoms with Crippen molar-refractivity contribution in [1.29, 1.82) is 5.26 Å². The fourth-order valence-electron chi connectivity index (χ4n) is 3.79. The van der Waals surface area contributed by atoms with E-state index in [0.717, 1.165) is 21.7 Å². The number of aromatic nitrogens is 1. The highest BCUT2D eigenvalue weighted by Crippen LogP contribution is 2.24. The van der Waals surface area contributed by atoms with E-state index in [9.17, 15) is 14.9 Å². The van der Waals surface area contributed by atoms with Crippen LogP contribution in [0.1, 0.15) is 5.56 Å². The monoisotopic (exact) mass is 452 g/mol. The van der Waals surface area contributed by atoms with Crippen LogP contribution in [0.2, 0.25) is 0 Å². The van der Waals surface area contributed by atoms with Gasteiger partial charge < -0.3 is 19.9 Å². The number of carbonyl (C=O) groups excluding carboxylic acids is 2. The number of ether oxygens (including phenoxy) is 1. The van der Waals surface area contributed by atoms with Crippen LogP contribution in [-0.2, 0) is 20.9 Å². The molecule has 170 valence electrons. The van der Waals surface area contributed by atoms with Crippen LogP contribution in [-0.4, -0.2) is 36.6 Å². The Kier molecular flexibility index (Phi) is 7.01. The molecular formula is C27H24N4O3. The van der Waals surface area contributed by atoms with Gasteiger partial charge in [0.2, 0.25) is 5.91 Å². The number of para-hydroxylation sites is 1. The van der Waals surface area contributed by atoms with Crippen LogP contribution in [0.5, 0.6) is 0 Å². The summed E-state index contributed by atoms with van der Waals surface area (Å²) in [5, 5.41) is 18.2. The Morgan fingerprint density at radius 1 is 1.06 bits per heavy atom. The van der Waals surface area contributed by atoms with Crippen molar-refractivity contribution in [2.24, 2.45) is 0 Å². The molecule has 1 aromatic heterocycles. The van der Waals surface area contributed by atoms with Crippen LogP contribution in [0.3, 0.4) is 0 Å². The molecule has 2 N–H and O–H groups in total. The Hall–Kier alpha value is -4.41. The van der Waals surface area contributed by atoms with Gasteiger partial charge in [-0.05, 0) is 35.0 Å². The molecule has 0 saturated carbocycles. The van der Waals surface area contributed by atoms with Gasteiger partial charge in [-0.1, -0.05) is 48.5 Å². The van der Waals surface area contributed by atoms with E-state index in [1.54, 1.807) is 23.9 Å². The van der Waals surface area contributed by atoms with E-state index in [0.29, 0.717) is 24.4 Å². The highest BCUT2D eigenvalue weighted by atomic mass is 16.5. The average Bonchev–Trinajstić information content (AvgIpc) is 3.19. The van der Waals surface area contributed by atoms with Crippen molar-refractivity contribution < 1.29 is 14.3 Å². The van der Waals surface area contributed by atoms with E-state index in [4.69, 9.17) is 4.74 Å². The van der Waals surface area contributed by atoms with E-state index in [1.807, 2.05) is 72.8 Å². The molecule has 0 saturated heterocycles. The Balaban J connectivity index is 1.58. The molecule has 0 fully saturated rings. The second-order valence-corrected chi connectivity index (χ2v) is 7.76. The third kappa shape index (κ3) is 5.14. The number of anilines is 1. The Morgan fingerprint density at radius 2 is 1.82 bits per heavy atom. The number of methoxy groups -OCH3 is 1. The molecule has 7 heteroatoms. The van der Waals surface area contributed by atoms with Crippen molar-refractivity contribution in [2.75, 3.05) is 25.6 Å². The summed E-state index contributed by atoms with van der Waals surface area (Å²) in [4.78, 5) is 25.2. The second kappa shape index (κ2) is 10.5. The van der Waals surface area contributed by atoms with Gasteiger partial charge >= 0.3 is 0 Å².